The van der Waals surface area contributed by atoms with Crippen LogP contribution in [0, 0.1) is 0 Å². The number of aliphatic hydroxyl groups excluding tert-OH is 1. The molecular weight excluding hydrogens is 192 g/mol. The van der Waals surface area contributed by atoms with E-state index in [-0.39, 0.29) is 0 Å². The van der Waals surface area contributed by atoms with Crippen molar-refractivity contribution in [3.05, 3.63) is 0 Å². The van der Waals surface area contributed by atoms with Gasteiger partial charge in [0.25, 0.3) is 0 Å². The van der Waals surface area contributed by atoms with Gasteiger partial charge in [0.2, 0.25) is 0 Å². The fourth-order valence-corrected chi connectivity index (χ4v) is 3.25. The highest BCUT2D eigenvalue weighted by Crippen LogP contribution is 2.44. The molecule has 0 radical (unpaired) electrons. The van der Waals surface area contributed by atoms with Crippen LogP contribution >= 0.6 is 0 Å². The molecule has 0 heterocycles. The maximum atomic E-state index is 10.5. The third kappa shape index (κ3) is 1.81. The average Bonchev–Trinajstić information content (AvgIpc) is 2.23. The van der Waals surface area contributed by atoms with E-state index >= 15 is 0 Å². The van der Waals surface area contributed by atoms with E-state index in [1.807, 2.05) is 0 Å². The van der Waals surface area contributed by atoms with Crippen LogP contribution in [0.4, 0.5) is 0 Å². The second-order valence-electron chi connectivity index (χ2n) is 5.28. The third-order valence-electron chi connectivity index (χ3n) is 4.32. The van der Waals surface area contributed by atoms with Gasteiger partial charge in [0.15, 0.2) is 0 Å². The van der Waals surface area contributed by atoms with Gasteiger partial charge in [-0.25, -0.2) is 0 Å². The molecule has 0 amide bonds. The van der Waals surface area contributed by atoms with Gasteiger partial charge in [-0.15, -0.1) is 0 Å². The quantitative estimate of drug-likeness (QED) is 0.617. The van der Waals surface area contributed by atoms with Gasteiger partial charge in [0.05, 0.1) is 11.7 Å². The molecule has 0 aliphatic heterocycles. The minimum absolute atomic E-state index is 0.546. The molecule has 0 bridgehead atoms. The normalized spacial score (nSPS) is 41.4. The summed E-state index contributed by atoms with van der Waals surface area (Å²) in [7, 11) is 0. The van der Waals surface area contributed by atoms with Crippen molar-refractivity contribution < 1.29 is 15.3 Å². The monoisotopic (exact) mass is 214 g/mol. The van der Waals surface area contributed by atoms with E-state index in [1.54, 1.807) is 0 Å². The highest BCUT2D eigenvalue weighted by molar-refractivity contribution is 5.06. The van der Waals surface area contributed by atoms with Crippen LogP contribution in [0.15, 0.2) is 0 Å². The Morgan fingerprint density at radius 1 is 0.800 bits per heavy atom. The zero-order chi connectivity index (χ0) is 10.9. The Balaban J connectivity index is 2.17. The maximum absolute atomic E-state index is 10.5. The highest BCUT2D eigenvalue weighted by Gasteiger charge is 2.54. The molecule has 2 unspecified atom stereocenters. The number of aliphatic hydroxyl groups is 3. The van der Waals surface area contributed by atoms with E-state index in [0.29, 0.717) is 25.7 Å². The van der Waals surface area contributed by atoms with Gasteiger partial charge in [0, 0.05) is 0 Å². The van der Waals surface area contributed by atoms with Gasteiger partial charge in [-0.3, -0.25) is 0 Å². The van der Waals surface area contributed by atoms with Gasteiger partial charge in [-0.2, -0.15) is 0 Å². The maximum Gasteiger partial charge on any atom is 0.119 e. The Kier molecular flexibility index (Phi) is 3.06. The summed E-state index contributed by atoms with van der Waals surface area (Å²) in [4.78, 5) is 0. The smallest absolute Gasteiger partial charge is 0.119 e. The molecule has 3 N–H and O–H groups in total. The van der Waals surface area contributed by atoms with E-state index in [2.05, 4.69) is 0 Å². The Bertz CT molecular complexity index is 223. The van der Waals surface area contributed by atoms with E-state index < -0.39 is 17.3 Å². The molecule has 0 aromatic carbocycles. The summed E-state index contributed by atoms with van der Waals surface area (Å²) in [6, 6.07) is 0. The Labute approximate surface area is 91.1 Å². The van der Waals surface area contributed by atoms with Gasteiger partial charge < -0.3 is 15.3 Å². The summed E-state index contributed by atoms with van der Waals surface area (Å²) in [5, 5.41) is 31.0. The minimum atomic E-state index is -1.24. The summed E-state index contributed by atoms with van der Waals surface area (Å²) in [5.41, 5.74) is -2.28. The number of rotatable bonds is 1. The van der Waals surface area contributed by atoms with Crippen LogP contribution in [0.5, 0.6) is 0 Å². The lowest BCUT2D eigenvalue weighted by molar-refractivity contribution is -0.227. The van der Waals surface area contributed by atoms with E-state index in [4.69, 9.17) is 0 Å². The van der Waals surface area contributed by atoms with Crippen LogP contribution in [0.1, 0.15) is 57.8 Å². The van der Waals surface area contributed by atoms with Gasteiger partial charge in [-0.05, 0) is 25.7 Å². The van der Waals surface area contributed by atoms with Gasteiger partial charge >= 0.3 is 0 Å². The Hall–Kier alpha value is -0.120. The second-order valence-corrected chi connectivity index (χ2v) is 5.28. The first-order valence-electron chi connectivity index (χ1n) is 6.21. The van der Waals surface area contributed by atoms with E-state index in [0.717, 1.165) is 32.1 Å². The predicted octanol–water partition coefficient (Wildman–Crippen LogP) is 1.35. The molecule has 2 fully saturated rings. The lowest BCUT2D eigenvalue weighted by Gasteiger charge is -2.50. The molecular formula is C12H22O3. The topological polar surface area (TPSA) is 60.7 Å². The van der Waals surface area contributed by atoms with Crippen LogP contribution in [-0.2, 0) is 0 Å². The first kappa shape index (κ1) is 11.4. The van der Waals surface area contributed by atoms with E-state index in [1.165, 1.54) is 0 Å². The van der Waals surface area contributed by atoms with E-state index in [9.17, 15) is 15.3 Å². The Morgan fingerprint density at radius 3 is 2.00 bits per heavy atom. The molecule has 15 heavy (non-hydrogen) atoms. The van der Waals surface area contributed by atoms with Crippen LogP contribution < -0.4 is 0 Å². The highest BCUT2D eigenvalue weighted by atomic mass is 16.4. The summed E-state index contributed by atoms with van der Waals surface area (Å²) in [5.74, 6) is 0. The predicted molar refractivity (Wildman–Crippen MR) is 57.5 cm³/mol. The largest absolute Gasteiger partial charge is 0.390 e. The Morgan fingerprint density at radius 2 is 1.40 bits per heavy atom. The summed E-state index contributed by atoms with van der Waals surface area (Å²) in [6.45, 7) is 0. The van der Waals surface area contributed by atoms with Crippen molar-refractivity contribution in [1.82, 2.24) is 0 Å². The molecule has 3 heteroatoms. The molecule has 88 valence electrons. The SMILES string of the molecule is OC1CCCCC1(O)C1(O)CCCCC1. The van der Waals surface area contributed by atoms with Crippen molar-refractivity contribution in [3.63, 3.8) is 0 Å². The summed E-state index contributed by atoms with van der Waals surface area (Å²) in [6.07, 6.45) is 6.64. The fourth-order valence-electron chi connectivity index (χ4n) is 3.25. The zero-order valence-corrected chi connectivity index (χ0v) is 9.28. The zero-order valence-electron chi connectivity index (χ0n) is 9.28. The lowest BCUT2D eigenvalue weighted by atomic mass is 9.65. The summed E-state index contributed by atoms with van der Waals surface area (Å²) < 4.78 is 0. The van der Waals surface area contributed by atoms with Gasteiger partial charge in [0.1, 0.15) is 5.60 Å². The molecule has 2 saturated carbocycles. The number of hydrogen-bond acceptors (Lipinski definition) is 3. The van der Waals surface area contributed by atoms with Crippen molar-refractivity contribution >= 4 is 0 Å². The van der Waals surface area contributed by atoms with Crippen molar-refractivity contribution in [1.29, 1.82) is 0 Å². The second kappa shape index (κ2) is 4.04. The van der Waals surface area contributed by atoms with Crippen molar-refractivity contribution in [2.24, 2.45) is 0 Å². The lowest BCUT2D eigenvalue weighted by Crippen LogP contribution is -2.63. The molecule has 2 atom stereocenters. The average molecular weight is 214 g/mol. The van der Waals surface area contributed by atoms with Crippen LogP contribution in [0.25, 0.3) is 0 Å². The standard InChI is InChI=1S/C12H22O3/c13-10-6-2-5-9-12(10,15)11(14)7-3-1-4-8-11/h10,13-15H,1-9H2. The molecule has 2 aliphatic carbocycles. The molecule has 3 nitrogen and oxygen atoms in total. The molecule has 0 aromatic rings. The minimum Gasteiger partial charge on any atom is -0.390 e. The summed E-state index contributed by atoms with van der Waals surface area (Å²) >= 11 is 0. The van der Waals surface area contributed by atoms with Gasteiger partial charge in [-0.1, -0.05) is 32.1 Å². The molecule has 0 aromatic heterocycles. The van der Waals surface area contributed by atoms with Crippen molar-refractivity contribution in [2.75, 3.05) is 0 Å². The van der Waals surface area contributed by atoms with Crippen LogP contribution in [0.3, 0.4) is 0 Å². The van der Waals surface area contributed by atoms with Crippen molar-refractivity contribution in [2.45, 2.75) is 75.1 Å². The van der Waals surface area contributed by atoms with Crippen molar-refractivity contribution in [3.8, 4) is 0 Å². The third-order valence-corrected chi connectivity index (χ3v) is 4.32. The molecule has 0 spiro atoms. The molecule has 2 rings (SSSR count). The molecule has 2 aliphatic rings. The van der Waals surface area contributed by atoms with Crippen LogP contribution in [-0.4, -0.2) is 32.6 Å². The fraction of sp³-hybridized carbons (Fsp3) is 1.00. The number of hydrogen-bond donors (Lipinski definition) is 3. The molecule has 0 saturated heterocycles. The first-order chi connectivity index (χ1) is 7.08. The first-order valence-corrected chi connectivity index (χ1v) is 6.21. The van der Waals surface area contributed by atoms with Crippen LogP contribution in [0.2, 0.25) is 0 Å².